The molecule has 0 fully saturated rings. The highest BCUT2D eigenvalue weighted by molar-refractivity contribution is 6.04. The van der Waals surface area contributed by atoms with Crippen molar-refractivity contribution < 1.29 is 19.1 Å². The van der Waals surface area contributed by atoms with Crippen LogP contribution < -0.4 is 15.4 Å². The van der Waals surface area contributed by atoms with Crippen molar-refractivity contribution in [2.75, 3.05) is 32.7 Å². The molecule has 25 heavy (non-hydrogen) atoms. The van der Waals surface area contributed by atoms with Gasteiger partial charge in [-0.2, -0.15) is 0 Å². The number of nitrogens with one attached hydrogen (secondary N) is 2. The van der Waals surface area contributed by atoms with Crippen molar-refractivity contribution in [1.82, 2.24) is 5.32 Å². The Hall–Kier alpha value is -2.86. The third kappa shape index (κ3) is 5.61. The Balaban J connectivity index is 1.90. The zero-order valence-electron chi connectivity index (χ0n) is 14.4. The lowest BCUT2D eigenvalue weighted by Gasteiger charge is -2.08. The van der Waals surface area contributed by atoms with Crippen LogP contribution in [0, 0.1) is 0 Å². The van der Waals surface area contributed by atoms with Gasteiger partial charge in [0.05, 0.1) is 7.11 Å². The van der Waals surface area contributed by atoms with Crippen LogP contribution in [0.25, 0.3) is 0 Å². The number of hydrogen-bond acceptors (Lipinski definition) is 4. The second kappa shape index (κ2) is 9.44. The summed E-state index contributed by atoms with van der Waals surface area (Å²) in [5.41, 5.74) is 1.69. The van der Waals surface area contributed by atoms with Gasteiger partial charge in [-0.25, -0.2) is 0 Å². The predicted octanol–water partition coefficient (Wildman–Crippen LogP) is 2.71. The molecule has 2 aromatic carbocycles. The molecule has 0 heterocycles. The molecular formula is C19H22N2O4. The lowest BCUT2D eigenvalue weighted by Crippen LogP contribution is -2.25. The van der Waals surface area contributed by atoms with E-state index in [0.29, 0.717) is 35.7 Å². The summed E-state index contributed by atoms with van der Waals surface area (Å²) in [4.78, 5) is 24.2. The molecule has 0 unspecified atom stereocenters. The van der Waals surface area contributed by atoms with Crippen molar-refractivity contribution in [3.63, 3.8) is 0 Å². The number of rotatable bonds is 8. The molecular weight excluding hydrogens is 320 g/mol. The van der Waals surface area contributed by atoms with E-state index >= 15 is 0 Å². The van der Waals surface area contributed by atoms with E-state index in [-0.39, 0.29) is 11.8 Å². The van der Waals surface area contributed by atoms with Gasteiger partial charge in [0.1, 0.15) is 5.75 Å². The van der Waals surface area contributed by atoms with E-state index in [2.05, 4.69) is 10.6 Å². The topological polar surface area (TPSA) is 76.7 Å². The quantitative estimate of drug-likeness (QED) is 0.723. The highest BCUT2D eigenvalue weighted by Crippen LogP contribution is 2.14. The molecule has 2 aromatic rings. The van der Waals surface area contributed by atoms with Crippen LogP contribution in [0.3, 0.4) is 0 Å². The normalized spacial score (nSPS) is 10.2. The van der Waals surface area contributed by atoms with E-state index in [0.717, 1.165) is 6.42 Å². The first-order valence-electron chi connectivity index (χ1n) is 7.96. The smallest absolute Gasteiger partial charge is 0.255 e. The number of amides is 2. The van der Waals surface area contributed by atoms with Gasteiger partial charge >= 0.3 is 0 Å². The summed E-state index contributed by atoms with van der Waals surface area (Å²) in [7, 11) is 3.20. The van der Waals surface area contributed by atoms with E-state index in [9.17, 15) is 9.59 Å². The summed E-state index contributed by atoms with van der Waals surface area (Å²) in [6.45, 7) is 1.17. The van der Waals surface area contributed by atoms with Crippen LogP contribution in [0.15, 0.2) is 48.5 Å². The van der Waals surface area contributed by atoms with E-state index < -0.39 is 0 Å². The van der Waals surface area contributed by atoms with Gasteiger partial charge in [-0.1, -0.05) is 0 Å². The molecule has 0 spiro atoms. The fourth-order valence-corrected chi connectivity index (χ4v) is 2.17. The number of benzene rings is 2. The fourth-order valence-electron chi connectivity index (χ4n) is 2.17. The van der Waals surface area contributed by atoms with Gasteiger partial charge in [0.25, 0.3) is 11.8 Å². The molecule has 2 N–H and O–H groups in total. The summed E-state index contributed by atoms with van der Waals surface area (Å²) in [5.74, 6) is 0.320. The Morgan fingerprint density at radius 1 is 0.880 bits per heavy atom. The number of carbonyl (C=O) groups is 2. The van der Waals surface area contributed by atoms with Crippen molar-refractivity contribution >= 4 is 17.5 Å². The van der Waals surface area contributed by atoms with E-state index in [1.807, 2.05) is 0 Å². The largest absolute Gasteiger partial charge is 0.497 e. The van der Waals surface area contributed by atoms with Crippen LogP contribution in [0.1, 0.15) is 27.1 Å². The molecule has 0 saturated heterocycles. The van der Waals surface area contributed by atoms with Crippen LogP contribution in [-0.4, -0.2) is 39.2 Å². The Kier molecular flexibility index (Phi) is 6.98. The van der Waals surface area contributed by atoms with Crippen LogP contribution in [0.5, 0.6) is 5.75 Å². The number of anilines is 1. The van der Waals surface area contributed by atoms with Gasteiger partial charge < -0.3 is 20.1 Å². The third-order valence-electron chi connectivity index (χ3n) is 3.57. The van der Waals surface area contributed by atoms with Crippen LogP contribution in [0.4, 0.5) is 5.69 Å². The number of ether oxygens (including phenoxy) is 2. The second-order valence-corrected chi connectivity index (χ2v) is 5.36. The fraction of sp³-hybridized carbons (Fsp3) is 0.263. The number of methoxy groups -OCH3 is 2. The molecule has 0 radical (unpaired) electrons. The third-order valence-corrected chi connectivity index (χ3v) is 3.57. The Morgan fingerprint density at radius 2 is 1.48 bits per heavy atom. The molecule has 6 heteroatoms. The number of hydrogen-bond donors (Lipinski definition) is 2. The SMILES string of the molecule is COCCCNC(=O)c1ccc(NC(=O)c2ccc(OC)cc2)cc1. The minimum absolute atomic E-state index is 0.149. The summed E-state index contributed by atoms with van der Waals surface area (Å²) >= 11 is 0. The predicted molar refractivity (Wildman–Crippen MR) is 96.2 cm³/mol. The average Bonchev–Trinajstić information content (AvgIpc) is 2.65. The molecule has 2 rings (SSSR count). The first-order valence-corrected chi connectivity index (χ1v) is 7.96. The summed E-state index contributed by atoms with van der Waals surface area (Å²) < 4.78 is 10.0. The van der Waals surface area contributed by atoms with Crippen LogP contribution in [-0.2, 0) is 4.74 Å². The van der Waals surface area contributed by atoms with Crippen LogP contribution >= 0.6 is 0 Å². The minimum atomic E-state index is -0.223. The Morgan fingerprint density at radius 3 is 2.08 bits per heavy atom. The molecule has 0 aromatic heterocycles. The molecule has 0 atom stereocenters. The lowest BCUT2D eigenvalue weighted by molar-refractivity contribution is 0.0948. The Bertz CT molecular complexity index is 696. The number of carbonyl (C=O) groups excluding carboxylic acids is 2. The van der Waals surface area contributed by atoms with Gasteiger partial charge in [0, 0.05) is 37.1 Å². The zero-order chi connectivity index (χ0) is 18.1. The maximum Gasteiger partial charge on any atom is 0.255 e. The zero-order valence-corrected chi connectivity index (χ0v) is 14.4. The maximum atomic E-state index is 12.2. The van der Waals surface area contributed by atoms with Crippen LogP contribution in [0.2, 0.25) is 0 Å². The van der Waals surface area contributed by atoms with Gasteiger partial charge in [-0.3, -0.25) is 9.59 Å². The molecule has 0 saturated carbocycles. The molecule has 2 amide bonds. The maximum absolute atomic E-state index is 12.2. The van der Waals surface area contributed by atoms with Crippen molar-refractivity contribution in [2.45, 2.75) is 6.42 Å². The van der Waals surface area contributed by atoms with E-state index in [4.69, 9.17) is 9.47 Å². The van der Waals surface area contributed by atoms with Crippen molar-refractivity contribution in [2.24, 2.45) is 0 Å². The van der Waals surface area contributed by atoms with Gasteiger partial charge in [-0.15, -0.1) is 0 Å². The summed E-state index contributed by atoms with van der Waals surface area (Å²) in [5, 5.41) is 5.61. The lowest BCUT2D eigenvalue weighted by atomic mass is 10.1. The molecule has 6 nitrogen and oxygen atoms in total. The first kappa shape index (κ1) is 18.5. The molecule has 0 aliphatic rings. The van der Waals surface area contributed by atoms with Crippen molar-refractivity contribution in [3.8, 4) is 5.75 Å². The molecule has 0 aliphatic heterocycles. The highest BCUT2D eigenvalue weighted by Gasteiger charge is 2.08. The standard InChI is InChI=1S/C19H22N2O4/c1-24-13-3-12-20-18(22)14-4-8-16(9-5-14)21-19(23)15-6-10-17(25-2)11-7-15/h4-11H,3,12-13H2,1-2H3,(H,20,22)(H,21,23). The van der Waals surface area contributed by atoms with Crippen molar-refractivity contribution in [1.29, 1.82) is 0 Å². The average molecular weight is 342 g/mol. The van der Waals surface area contributed by atoms with E-state index in [1.165, 1.54) is 0 Å². The Labute approximate surface area is 147 Å². The van der Waals surface area contributed by atoms with Gasteiger partial charge in [-0.05, 0) is 55.0 Å². The molecule has 0 bridgehead atoms. The van der Waals surface area contributed by atoms with Gasteiger partial charge in [0.2, 0.25) is 0 Å². The first-order chi connectivity index (χ1) is 12.1. The monoisotopic (exact) mass is 342 g/mol. The summed E-state index contributed by atoms with van der Waals surface area (Å²) in [6.07, 6.45) is 0.762. The summed E-state index contributed by atoms with van der Waals surface area (Å²) in [6, 6.07) is 13.6. The van der Waals surface area contributed by atoms with E-state index in [1.54, 1.807) is 62.8 Å². The van der Waals surface area contributed by atoms with Gasteiger partial charge in [0.15, 0.2) is 0 Å². The minimum Gasteiger partial charge on any atom is -0.497 e. The molecule has 132 valence electrons. The highest BCUT2D eigenvalue weighted by atomic mass is 16.5. The van der Waals surface area contributed by atoms with Crippen molar-refractivity contribution in [3.05, 3.63) is 59.7 Å². The second-order valence-electron chi connectivity index (χ2n) is 5.36. The molecule has 0 aliphatic carbocycles.